The van der Waals surface area contributed by atoms with Gasteiger partial charge >= 0.3 is 12.1 Å². The summed E-state index contributed by atoms with van der Waals surface area (Å²) < 4.78 is 1.49. The lowest BCUT2D eigenvalue weighted by atomic mass is 9.99. The van der Waals surface area contributed by atoms with Crippen molar-refractivity contribution >= 4 is 61.2 Å². The van der Waals surface area contributed by atoms with Crippen molar-refractivity contribution in [3.63, 3.8) is 0 Å². The fourth-order valence-electron chi connectivity index (χ4n) is 7.46. The van der Waals surface area contributed by atoms with Crippen LogP contribution < -0.4 is 16.4 Å². The van der Waals surface area contributed by atoms with Crippen LogP contribution in [0, 0.1) is 0 Å². The van der Waals surface area contributed by atoms with Crippen molar-refractivity contribution in [3.8, 4) is 0 Å². The number of fused-ring (bicyclic) bond motifs is 1. The second kappa shape index (κ2) is 13.9. The second-order valence-electron chi connectivity index (χ2n) is 12.9. The maximum Gasteiger partial charge on any atom is 0.322 e. The lowest BCUT2D eigenvalue weighted by Crippen LogP contribution is -2.57. The topological polar surface area (TPSA) is 114 Å². The molecule has 12 heteroatoms. The second-order valence-corrected chi connectivity index (χ2v) is 14.6. The van der Waals surface area contributed by atoms with Crippen LogP contribution in [0.2, 0.25) is 0 Å². The average Bonchev–Trinajstić information content (AvgIpc) is 3.48. The number of urea groups is 2. The molecule has 2 aromatic rings. The monoisotopic (exact) mass is 743 g/mol. The minimum Gasteiger partial charge on any atom is -0.397 e. The van der Waals surface area contributed by atoms with Crippen LogP contribution >= 0.6 is 31.9 Å². The predicted octanol–water partition coefficient (Wildman–Crippen LogP) is 5.40. The fourth-order valence-corrected chi connectivity index (χ4v) is 8.75. The number of para-hydroxylation sites is 1. The molecule has 0 aromatic heterocycles. The normalized spacial score (nSPS) is 22.2. The molecule has 0 spiro atoms. The number of carbonyl (C=O) groups excluding carboxylic acids is 3. The predicted molar refractivity (Wildman–Crippen MR) is 183 cm³/mol. The minimum atomic E-state index is -0.704. The Hall–Kier alpha value is -2.83. The molecule has 45 heavy (non-hydrogen) atoms. The van der Waals surface area contributed by atoms with Gasteiger partial charge < -0.3 is 31.1 Å². The summed E-state index contributed by atoms with van der Waals surface area (Å²) in [5.41, 5.74) is 9.58. The van der Waals surface area contributed by atoms with E-state index in [0.717, 1.165) is 45.1 Å². The van der Waals surface area contributed by atoms with E-state index in [2.05, 4.69) is 54.3 Å². The highest BCUT2D eigenvalue weighted by Gasteiger charge is 2.36. The van der Waals surface area contributed by atoms with E-state index in [4.69, 9.17) is 5.73 Å². The van der Waals surface area contributed by atoms with Gasteiger partial charge in [-0.15, -0.1) is 0 Å². The first-order chi connectivity index (χ1) is 21.7. The highest BCUT2D eigenvalue weighted by molar-refractivity contribution is 9.11. The van der Waals surface area contributed by atoms with Crippen molar-refractivity contribution in [3.05, 3.63) is 56.5 Å². The van der Waals surface area contributed by atoms with Crippen molar-refractivity contribution in [2.24, 2.45) is 0 Å². The van der Waals surface area contributed by atoms with Gasteiger partial charge in [0.05, 0.1) is 5.69 Å². The molecule has 0 bridgehead atoms. The van der Waals surface area contributed by atoms with Gasteiger partial charge in [-0.05, 0) is 113 Å². The van der Waals surface area contributed by atoms with Gasteiger partial charge in [-0.1, -0.05) is 18.2 Å². The molecule has 4 N–H and O–H groups in total. The standard InChI is InChI=1S/C33H43Br2N7O3/c1-21-5-4-12-41(21)24-8-13-39(14-9-24)31(43)29(19-22-17-26(34)30(36)27(35)18-22)38-32(44)40-15-10-25(11-16-40)42-20-23-6-2-3-7-28(23)37-33(42)45/h2-3,6-7,17-18,21,24-25,29H,4-5,8-16,19-20,36H2,1H3,(H,37,45)(H,38,44)/t21-,29-/m1/s1. The Morgan fingerprint density at radius 3 is 2.27 bits per heavy atom. The number of hydrogen-bond donors (Lipinski definition) is 3. The zero-order valence-corrected chi connectivity index (χ0v) is 29.0. The summed E-state index contributed by atoms with van der Waals surface area (Å²) in [6.45, 7) is 6.44. The number of nitrogens with one attached hydrogen (secondary N) is 2. The molecule has 10 nitrogen and oxygen atoms in total. The highest BCUT2D eigenvalue weighted by atomic mass is 79.9. The molecule has 5 amide bonds. The van der Waals surface area contributed by atoms with Crippen molar-refractivity contribution in [2.45, 2.75) is 82.6 Å². The van der Waals surface area contributed by atoms with Crippen LogP contribution in [0.5, 0.6) is 0 Å². The zero-order chi connectivity index (χ0) is 31.7. The molecule has 0 unspecified atom stereocenters. The first-order valence-corrected chi connectivity index (χ1v) is 17.8. The number of anilines is 2. The van der Waals surface area contributed by atoms with Crippen molar-refractivity contribution in [2.75, 3.05) is 43.8 Å². The lowest BCUT2D eigenvalue weighted by Gasteiger charge is -2.41. The van der Waals surface area contributed by atoms with E-state index >= 15 is 0 Å². The van der Waals surface area contributed by atoms with Gasteiger partial charge in [0.1, 0.15) is 6.04 Å². The van der Waals surface area contributed by atoms with E-state index in [1.54, 1.807) is 4.90 Å². The van der Waals surface area contributed by atoms with Crippen LogP contribution in [0.25, 0.3) is 0 Å². The van der Waals surface area contributed by atoms with Gasteiger partial charge in [0, 0.05) is 71.9 Å². The Balaban J connectivity index is 1.10. The SMILES string of the molecule is C[C@@H]1CCCN1C1CCN(C(=O)[C@@H](Cc2cc(Br)c(N)c(Br)c2)NC(=O)N2CCC(N3Cc4ccccc4NC3=O)CC2)CC1. The van der Waals surface area contributed by atoms with E-state index in [0.29, 0.717) is 69.8 Å². The van der Waals surface area contributed by atoms with Gasteiger partial charge in [-0.2, -0.15) is 0 Å². The van der Waals surface area contributed by atoms with Crippen LogP contribution in [0.15, 0.2) is 45.3 Å². The summed E-state index contributed by atoms with van der Waals surface area (Å²) in [6.07, 6.45) is 6.13. The Kier molecular flexibility index (Phi) is 9.91. The number of halogens is 2. The summed E-state index contributed by atoms with van der Waals surface area (Å²) >= 11 is 7.05. The minimum absolute atomic E-state index is 0.0427. The van der Waals surface area contributed by atoms with Crippen molar-refractivity contribution < 1.29 is 14.4 Å². The van der Waals surface area contributed by atoms with Crippen LogP contribution in [0.1, 0.15) is 56.6 Å². The molecule has 6 rings (SSSR count). The Morgan fingerprint density at radius 1 is 0.956 bits per heavy atom. The Labute approximate surface area is 282 Å². The Bertz CT molecular complexity index is 1400. The molecule has 3 fully saturated rings. The third-order valence-corrected chi connectivity index (χ3v) is 11.4. The quantitative estimate of drug-likeness (QED) is 0.343. The molecule has 4 aliphatic rings. The molecular formula is C33H43Br2N7O3. The molecule has 0 saturated carbocycles. The third-order valence-electron chi connectivity index (χ3n) is 10.1. The van der Waals surface area contributed by atoms with Crippen LogP contribution in [-0.2, 0) is 17.8 Å². The number of hydrogen-bond acceptors (Lipinski definition) is 5. The number of nitrogen functional groups attached to an aromatic ring is 1. The van der Waals surface area contributed by atoms with E-state index < -0.39 is 6.04 Å². The zero-order valence-electron chi connectivity index (χ0n) is 25.8. The van der Waals surface area contributed by atoms with Crippen molar-refractivity contribution in [1.29, 1.82) is 0 Å². The summed E-state index contributed by atoms with van der Waals surface area (Å²) in [4.78, 5) is 48.7. The largest absolute Gasteiger partial charge is 0.397 e. The fraction of sp³-hybridized carbons (Fsp3) is 0.545. The summed E-state index contributed by atoms with van der Waals surface area (Å²) in [5, 5.41) is 6.11. The van der Waals surface area contributed by atoms with Gasteiger partial charge in [-0.3, -0.25) is 9.69 Å². The third kappa shape index (κ3) is 7.12. The molecule has 0 aliphatic carbocycles. The van der Waals surface area contributed by atoms with Gasteiger partial charge in [0.25, 0.3) is 0 Å². The van der Waals surface area contributed by atoms with E-state index in [9.17, 15) is 14.4 Å². The summed E-state index contributed by atoms with van der Waals surface area (Å²) in [6, 6.07) is 11.8. The number of piperidine rings is 2. The number of rotatable bonds is 6. The van der Waals surface area contributed by atoms with Crippen molar-refractivity contribution in [1.82, 2.24) is 24.9 Å². The smallest absolute Gasteiger partial charge is 0.322 e. The maximum atomic E-state index is 14.0. The van der Waals surface area contributed by atoms with Crippen LogP contribution in [-0.4, -0.2) is 94.5 Å². The van der Waals surface area contributed by atoms with E-state index in [1.165, 1.54) is 12.8 Å². The van der Waals surface area contributed by atoms with Crippen LogP contribution in [0.4, 0.5) is 21.0 Å². The number of nitrogens with zero attached hydrogens (tertiary/aromatic N) is 4. The lowest BCUT2D eigenvalue weighted by molar-refractivity contribution is -0.134. The van der Waals surface area contributed by atoms with Gasteiger partial charge in [0.15, 0.2) is 0 Å². The van der Waals surface area contributed by atoms with E-state index in [1.807, 2.05) is 46.2 Å². The summed E-state index contributed by atoms with van der Waals surface area (Å²) in [7, 11) is 0. The van der Waals surface area contributed by atoms with Gasteiger partial charge in [0.2, 0.25) is 5.91 Å². The molecule has 2 aromatic carbocycles. The average molecular weight is 746 g/mol. The highest BCUT2D eigenvalue weighted by Crippen LogP contribution is 2.31. The molecule has 2 atom stereocenters. The van der Waals surface area contributed by atoms with E-state index in [-0.39, 0.29) is 24.0 Å². The molecule has 0 radical (unpaired) electrons. The maximum absolute atomic E-state index is 14.0. The number of benzene rings is 2. The van der Waals surface area contributed by atoms with Crippen LogP contribution in [0.3, 0.4) is 0 Å². The first-order valence-electron chi connectivity index (χ1n) is 16.2. The first kappa shape index (κ1) is 32.1. The number of carbonyl (C=O) groups is 3. The molecule has 4 heterocycles. The number of amides is 5. The number of likely N-dealkylation sites (tertiary alicyclic amines) is 3. The summed E-state index contributed by atoms with van der Waals surface area (Å²) in [5.74, 6) is -0.0427. The number of nitrogens with two attached hydrogens (primary N) is 1. The molecular weight excluding hydrogens is 702 g/mol. The molecule has 4 aliphatic heterocycles. The van der Waals surface area contributed by atoms with Gasteiger partial charge in [-0.25, -0.2) is 9.59 Å². The molecule has 242 valence electrons. The molecule has 3 saturated heterocycles. The Morgan fingerprint density at radius 2 is 1.60 bits per heavy atom.